The van der Waals surface area contributed by atoms with Crippen LogP contribution in [0.4, 0.5) is 4.39 Å². The van der Waals surface area contributed by atoms with E-state index in [0.717, 1.165) is 6.07 Å². The van der Waals surface area contributed by atoms with Crippen molar-refractivity contribution in [3.05, 3.63) is 53.3 Å². The molecule has 0 atom stereocenters. The van der Waals surface area contributed by atoms with Crippen LogP contribution in [0, 0.1) is 5.82 Å². The standard InChI is InChI=1S/C15H13FN2O3/c1-21-15(20)9-5-6-13(16)12(7-9)11-4-2-3-10(8-18-17)14(11)19/h2-8,19H,17H2,1H3. The largest absolute Gasteiger partial charge is 0.507 e. The maximum Gasteiger partial charge on any atom is 0.337 e. The summed E-state index contributed by atoms with van der Waals surface area (Å²) in [5, 5.41) is 13.5. The summed E-state index contributed by atoms with van der Waals surface area (Å²) < 4.78 is 18.6. The quantitative estimate of drug-likeness (QED) is 0.393. The summed E-state index contributed by atoms with van der Waals surface area (Å²) in [5.41, 5.74) is 0.849. The van der Waals surface area contributed by atoms with Gasteiger partial charge in [-0.05, 0) is 24.3 Å². The first kappa shape index (κ1) is 14.5. The summed E-state index contributed by atoms with van der Waals surface area (Å²) in [7, 11) is 1.24. The van der Waals surface area contributed by atoms with Crippen molar-refractivity contribution in [2.75, 3.05) is 7.11 Å². The van der Waals surface area contributed by atoms with Crippen molar-refractivity contribution in [1.82, 2.24) is 0 Å². The molecule has 3 N–H and O–H groups in total. The zero-order valence-corrected chi connectivity index (χ0v) is 11.2. The molecule has 0 amide bonds. The van der Waals surface area contributed by atoms with Gasteiger partial charge in [0.2, 0.25) is 0 Å². The fourth-order valence-corrected chi connectivity index (χ4v) is 1.94. The van der Waals surface area contributed by atoms with Gasteiger partial charge >= 0.3 is 5.97 Å². The number of aromatic hydroxyl groups is 1. The lowest BCUT2D eigenvalue weighted by Crippen LogP contribution is -2.02. The van der Waals surface area contributed by atoms with E-state index in [1.54, 1.807) is 12.1 Å². The monoisotopic (exact) mass is 288 g/mol. The summed E-state index contributed by atoms with van der Waals surface area (Å²) in [5.74, 6) is 3.72. The minimum Gasteiger partial charge on any atom is -0.507 e. The van der Waals surface area contributed by atoms with E-state index in [2.05, 4.69) is 9.84 Å². The van der Waals surface area contributed by atoms with Crippen LogP contribution in [0.5, 0.6) is 5.75 Å². The zero-order valence-electron chi connectivity index (χ0n) is 11.2. The number of methoxy groups -OCH3 is 1. The molecule has 0 fully saturated rings. The third-order valence-corrected chi connectivity index (χ3v) is 2.96. The molecule has 2 aromatic rings. The van der Waals surface area contributed by atoms with Crippen LogP contribution in [0.1, 0.15) is 15.9 Å². The number of para-hydroxylation sites is 1. The number of carbonyl (C=O) groups excluding carboxylic acids is 1. The smallest absolute Gasteiger partial charge is 0.337 e. The molecule has 0 aliphatic heterocycles. The van der Waals surface area contributed by atoms with Crippen molar-refractivity contribution < 1.29 is 19.0 Å². The van der Waals surface area contributed by atoms with Crippen molar-refractivity contribution >= 4 is 12.2 Å². The third kappa shape index (κ3) is 2.84. The molecule has 0 spiro atoms. The van der Waals surface area contributed by atoms with Gasteiger partial charge in [0, 0.05) is 16.7 Å². The van der Waals surface area contributed by atoms with Gasteiger partial charge in [0.1, 0.15) is 11.6 Å². The van der Waals surface area contributed by atoms with Crippen molar-refractivity contribution in [3.8, 4) is 16.9 Å². The first-order chi connectivity index (χ1) is 10.1. The van der Waals surface area contributed by atoms with E-state index >= 15 is 0 Å². The Kier molecular flexibility index (Phi) is 4.18. The number of hydrazone groups is 1. The summed E-state index contributed by atoms with van der Waals surface area (Å²) in [6.45, 7) is 0. The molecule has 0 bridgehead atoms. The van der Waals surface area contributed by atoms with Crippen molar-refractivity contribution in [1.29, 1.82) is 0 Å². The summed E-state index contributed by atoms with van der Waals surface area (Å²) in [6, 6.07) is 8.51. The van der Waals surface area contributed by atoms with E-state index in [0.29, 0.717) is 5.56 Å². The number of hydrogen-bond acceptors (Lipinski definition) is 5. The molecule has 0 aliphatic carbocycles. The maximum atomic E-state index is 14.0. The summed E-state index contributed by atoms with van der Waals surface area (Å²) >= 11 is 0. The van der Waals surface area contributed by atoms with E-state index in [4.69, 9.17) is 5.84 Å². The second-order valence-corrected chi connectivity index (χ2v) is 4.21. The second-order valence-electron chi connectivity index (χ2n) is 4.21. The number of phenolic OH excluding ortho intramolecular Hbond substituents is 1. The minimum atomic E-state index is -0.588. The molecular formula is C15H13FN2O3. The number of nitrogens with zero attached hydrogens (tertiary/aromatic N) is 1. The number of carbonyl (C=O) groups is 1. The van der Waals surface area contributed by atoms with Gasteiger partial charge in [0.05, 0.1) is 18.9 Å². The topological polar surface area (TPSA) is 84.9 Å². The molecule has 0 aromatic heterocycles. The lowest BCUT2D eigenvalue weighted by atomic mass is 9.99. The molecular weight excluding hydrogens is 275 g/mol. The Morgan fingerprint density at radius 3 is 2.76 bits per heavy atom. The molecule has 0 saturated heterocycles. The summed E-state index contributed by atoms with van der Waals surface area (Å²) in [6.07, 6.45) is 1.25. The van der Waals surface area contributed by atoms with Gasteiger partial charge < -0.3 is 15.7 Å². The van der Waals surface area contributed by atoms with Crippen molar-refractivity contribution in [2.24, 2.45) is 10.9 Å². The first-order valence-corrected chi connectivity index (χ1v) is 6.02. The Morgan fingerprint density at radius 2 is 2.10 bits per heavy atom. The maximum absolute atomic E-state index is 14.0. The number of nitrogens with two attached hydrogens (primary N) is 1. The number of hydrogen-bond donors (Lipinski definition) is 2. The van der Waals surface area contributed by atoms with E-state index in [1.165, 1.54) is 31.5 Å². The normalized spacial score (nSPS) is 10.8. The lowest BCUT2D eigenvalue weighted by molar-refractivity contribution is 0.0600. The highest BCUT2D eigenvalue weighted by atomic mass is 19.1. The average Bonchev–Trinajstić information content (AvgIpc) is 2.49. The van der Waals surface area contributed by atoms with Crippen molar-refractivity contribution in [2.45, 2.75) is 0 Å². The Morgan fingerprint density at radius 1 is 1.33 bits per heavy atom. The van der Waals surface area contributed by atoms with Crippen LogP contribution in [0.25, 0.3) is 11.1 Å². The number of halogens is 1. The molecule has 2 aromatic carbocycles. The van der Waals surface area contributed by atoms with E-state index in [1.807, 2.05) is 0 Å². The highest BCUT2D eigenvalue weighted by Crippen LogP contribution is 2.33. The highest BCUT2D eigenvalue weighted by molar-refractivity contribution is 5.93. The highest BCUT2D eigenvalue weighted by Gasteiger charge is 2.15. The number of phenols is 1. The van der Waals surface area contributed by atoms with Gasteiger partial charge in [0.15, 0.2) is 0 Å². The number of benzene rings is 2. The fourth-order valence-electron chi connectivity index (χ4n) is 1.94. The second kappa shape index (κ2) is 6.04. The van der Waals surface area contributed by atoms with Crippen LogP contribution in [-0.4, -0.2) is 24.4 Å². The fraction of sp³-hybridized carbons (Fsp3) is 0.0667. The molecule has 6 heteroatoms. The first-order valence-electron chi connectivity index (χ1n) is 6.02. The molecule has 0 heterocycles. The van der Waals surface area contributed by atoms with Gasteiger partial charge in [-0.3, -0.25) is 0 Å². The SMILES string of the molecule is COC(=O)c1ccc(F)c(-c2cccc(C=NN)c2O)c1. The van der Waals surface area contributed by atoms with Crippen LogP contribution in [0.3, 0.4) is 0 Å². The van der Waals surface area contributed by atoms with Crippen molar-refractivity contribution in [3.63, 3.8) is 0 Å². The molecule has 21 heavy (non-hydrogen) atoms. The van der Waals surface area contributed by atoms with E-state index < -0.39 is 11.8 Å². The van der Waals surface area contributed by atoms with Gasteiger partial charge in [-0.1, -0.05) is 12.1 Å². The molecule has 5 nitrogen and oxygen atoms in total. The molecule has 0 saturated carbocycles. The Hall–Kier alpha value is -2.89. The Balaban J connectivity index is 2.61. The molecule has 0 radical (unpaired) electrons. The van der Waals surface area contributed by atoms with Crippen LogP contribution < -0.4 is 5.84 Å². The zero-order chi connectivity index (χ0) is 15.4. The average molecular weight is 288 g/mol. The third-order valence-electron chi connectivity index (χ3n) is 2.96. The predicted octanol–water partition coefficient (Wildman–Crippen LogP) is 2.28. The van der Waals surface area contributed by atoms with Crippen LogP contribution in [0.2, 0.25) is 0 Å². The van der Waals surface area contributed by atoms with Crippen LogP contribution >= 0.6 is 0 Å². The molecule has 0 unspecified atom stereocenters. The predicted molar refractivity (Wildman–Crippen MR) is 76.6 cm³/mol. The molecule has 108 valence electrons. The number of rotatable bonds is 3. The van der Waals surface area contributed by atoms with E-state index in [9.17, 15) is 14.3 Å². The lowest BCUT2D eigenvalue weighted by Gasteiger charge is -2.09. The summed E-state index contributed by atoms with van der Waals surface area (Å²) in [4.78, 5) is 11.5. The molecule has 2 rings (SSSR count). The van der Waals surface area contributed by atoms with E-state index in [-0.39, 0.29) is 22.4 Å². The van der Waals surface area contributed by atoms with Gasteiger partial charge in [-0.2, -0.15) is 5.10 Å². The van der Waals surface area contributed by atoms with Gasteiger partial charge in [0.25, 0.3) is 0 Å². The van der Waals surface area contributed by atoms with Crippen LogP contribution in [0.15, 0.2) is 41.5 Å². The van der Waals surface area contributed by atoms with Gasteiger partial charge in [-0.15, -0.1) is 0 Å². The number of esters is 1. The Labute approximate surface area is 120 Å². The minimum absolute atomic E-state index is 0.0858. The van der Waals surface area contributed by atoms with Crippen LogP contribution in [-0.2, 0) is 4.74 Å². The number of ether oxygens (including phenoxy) is 1. The van der Waals surface area contributed by atoms with Gasteiger partial charge in [-0.25, -0.2) is 9.18 Å². The Bertz CT molecular complexity index is 714. The molecule has 0 aliphatic rings.